The Labute approximate surface area is 263 Å². The zero-order chi connectivity index (χ0) is 31.3. The molecule has 1 aromatic carbocycles. The standard InChI is InChI=1S/C34H43N3O6S/c1-22(15-26(38)19-28-20-35-33(44-28)37-13-6-14-37)32(41)36-29(17-24-9-11-27(42-3)12-10-24)30(39)18-25(16-23-7-4-5-8-23)31(40)34(2)21-43-34/h7,9-12,20,22,25,29H,4-6,8,13-19,21H2,1-3H3,(H,36,41)/t22-,25-,29+,34-/m1/s1. The van der Waals surface area contributed by atoms with Crippen LogP contribution in [-0.4, -0.2) is 66.7 Å². The lowest BCUT2D eigenvalue weighted by Gasteiger charge is -2.30. The number of nitrogens with one attached hydrogen (secondary N) is 1. The van der Waals surface area contributed by atoms with Crippen LogP contribution in [0.3, 0.4) is 0 Å². The molecule has 2 fully saturated rings. The number of carbonyl (C=O) groups excluding carboxylic acids is 4. The van der Waals surface area contributed by atoms with Gasteiger partial charge in [0.1, 0.15) is 17.1 Å². The van der Waals surface area contributed by atoms with Crippen LogP contribution in [0.1, 0.15) is 69.2 Å². The number of ether oxygens (including phenoxy) is 2. The monoisotopic (exact) mass is 621 g/mol. The van der Waals surface area contributed by atoms with Gasteiger partial charge in [0.05, 0.1) is 19.8 Å². The summed E-state index contributed by atoms with van der Waals surface area (Å²) >= 11 is 1.52. The molecule has 3 aliphatic rings. The summed E-state index contributed by atoms with van der Waals surface area (Å²) in [5.74, 6) is -1.07. The first-order valence-corrected chi connectivity index (χ1v) is 16.5. The molecule has 1 aromatic heterocycles. The lowest BCUT2D eigenvalue weighted by Crippen LogP contribution is -2.46. The molecule has 0 radical (unpaired) electrons. The molecule has 0 spiro atoms. The minimum Gasteiger partial charge on any atom is -0.497 e. The highest BCUT2D eigenvalue weighted by Crippen LogP contribution is 2.36. The van der Waals surface area contributed by atoms with Gasteiger partial charge in [-0.2, -0.15) is 0 Å². The average molecular weight is 622 g/mol. The van der Waals surface area contributed by atoms with Gasteiger partial charge in [-0.15, -0.1) is 11.3 Å². The molecular weight excluding hydrogens is 578 g/mol. The molecule has 44 heavy (non-hydrogen) atoms. The van der Waals surface area contributed by atoms with E-state index in [0.29, 0.717) is 18.8 Å². The lowest BCUT2D eigenvalue weighted by atomic mass is 9.83. The maximum Gasteiger partial charge on any atom is 0.223 e. The highest BCUT2D eigenvalue weighted by atomic mass is 32.1. The number of benzene rings is 1. The van der Waals surface area contributed by atoms with Gasteiger partial charge in [-0.25, -0.2) is 4.98 Å². The van der Waals surface area contributed by atoms with Crippen molar-refractivity contribution in [1.29, 1.82) is 0 Å². The van der Waals surface area contributed by atoms with E-state index in [1.807, 2.05) is 24.3 Å². The van der Waals surface area contributed by atoms with Crippen LogP contribution in [0, 0.1) is 11.8 Å². The molecule has 2 aromatic rings. The third-order valence-corrected chi connectivity index (χ3v) is 9.94. The van der Waals surface area contributed by atoms with Gasteiger partial charge in [0.15, 0.2) is 16.7 Å². The van der Waals surface area contributed by atoms with Crippen LogP contribution in [0.4, 0.5) is 5.13 Å². The van der Waals surface area contributed by atoms with Gasteiger partial charge >= 0.3 is 0 Å². The third-order valence-electron chi connectivity index (χ3n) is 8.89. The van der Waals surface area contributed by atoms with E-state index in [9.17, 15) is 19.2 Å². The van der Waals surface area contributed by atoms with Crippen LogP contribution in [0.25, 0.3) is 0 Å². The second-order valence-electron chi connectivity index (χ2n) is 12.6. The van der Waals surface area contributed by atoms with Gasteiger partial charge in [-0.1, -0.05) is 30.7 Å². The van der Waals surface area contributed by atoms with Crippen molar-refractivity contribution < 1.29 is 28.7 Å². The van der Waals surface area contributed by atoms with Crippen molar-refractivity contribution in [3.05, 3.63) is 52.6 Å². The van der Waals surface area contributed by atoms with Gasteiger partial charge in [-0.3, -0.25) is 19.2 Å². The smallest absolute Gasteiger partial charge is 0.223 e. The Bertz CT molecular complexity index is 1390. The first-order valence-electron chi connectivity index (χ1n) is 15.7. The fourth-order valence-electron chi connectivity index (χ4n) is 5.85. The molecular formula is C34H43N3O6S. The summed E-state index contributed by atoms with van der Waals surface area (Å²) in [6.07, 6.45) is 9.20. The Morgan fingerprint density at radius 1 is 1.11 bits per heavy atom. The number of epoxide rings is 1. The number of aromatic nitrogens is 1. The van der Waals surface area contributed by atoms with Gasteiger partial charge < -0.3 is 19.7 Å². The summed E-state index contributed by atoms with van der Waals surface area (Å²) in [5.41, 5.74) is 1.23. The number of amides is 1. The third kappa shape index (κ3) is 8.21. The van der Waals surface area contributed by atoms with Crippen LogP contribution in [0.2, 0.25) is 0 Å². The van der Waals surface area contributed by atoms with Crippen LogP contribution in [0.15, 0.2) is 42.1 Å². The van der Waals surface area contributed by atoms with E-state index in [-0.39, 0.29) is 48.9 Å². The van der Waals surface area contributed by atoms with E-state index < -0.39 is 23.5 Å². The molecule has 2 aliphatic heterocycles. The van der Waals surface area contributed by atoms with Gasteiger partial charge in [0.2, 0.25) is 5.91 Å². The zero-order valence-electron chi connectivity index (χ0n) is 25.9. The minimum atomic E-state index is -0.838. The quantitative estimate of drug-likeness (QED) is 0.200. The van der Waals surface area contributed by atoms with E-state index >= 15 is 0 Å². The molecule has 9 nitrogen and oxygen atoms in total. The summed E-state index contributed by atoms with van der Waals surface area (Å²) in [4.78, 5) is 61.1. The van der Waals surface area contributed by atoms with E-state index in [1.165, 1.54) is 16.9 Å². The number of hydrogen-bond donors (Lipinski definition) is 1. The Balaban J connectivity index is 1.24. The number of methoxy groups -OCH3 is 1. The number of allylic oxidation sites excluding steroid dienone is 2. The molecule has 3 heterocycles. The predicted molar refractivity (Wildman–Crippen MR) is 169 cm³/mol. The Morgan fingerprint density at radius 2 is 1.86 bits per heavy atom. The molecule has 0 bridgehead atoms. The van der Waals surface area contributed by atoms with Gasteiger partial charge in [0, 0.05) is 55.3 Å². The zero-order valence-corrected chi connectivity index (χ0v) is 26.8. The molecule has 1 N–H and O–H groups in total. The molecule has 236 valence electrons. The number of rotatable bonds is 17. The number of ketones is 3. The molecule has 4 atom stereocenters. The van der Waals surface area contributed by atoms with Crippen molar-refractivity contribution in [3.8, 4) is 5.75 Å². The topological polar surface area (TPSA) is 118 Å². The molecule has 1 amide bonds. The van der Waals surface area contributed by atoms with Gasteiger partial charge in [0.25, 0.3) is 0 Å². The van der Waals surface area contributed by atoms with E-state index in [4.69, 9.17) is 9.47 Å². The highest BCUT2D eigenvalue weighted by Gasteiger charge is 2.50. The normalized spacial score (nSPS) is 21.1. The van der Waals surface area contributed by atoms with Crippen LogP contribution < -0.4 is 15.0 Å². The fourth-order valence-corrected chi connectivity index (χ4v) is 6.84. The Morgan fingerprint density at radius 3 is 2.48 bits per heavy atom. The van der Waals surface area contributed by atoms with Crippen molar-refractivity contribution in [3.63, 3.8) is 0 Å². The molecule has 10 heteroatoms. The summed E-state index contributed by atoms with van der Waals surface area (Å²) in [6, 6.07) is 6.53. The summed E-state index contributed by atoms with van der Waals surface area (Å²) < 4.78 is 10.7. The second-order valence-corrected chi connectivity index (χ2v) is 13.7. The first kappa shape index (κ1) is 32.0. The van der Waals surface area contributed by atoms with Crippen molar-refractivity contribution in [2.75, 3.05) is 31.7 Å². The maximum atomic E-state index is 13.9. The van der Waals surface area contributed by atoms with E-state index in [0.717, 1.165) is 54.3 Å². The number of thiazole rings is 1. The van der Waals surface area contributed by atoms with Crippen LogP contribution >= 0.6 is 11.3 Å². The van der Waals surface area contributed by atoms with Crippen molar-refractivity contribution in [1.82, 2.24) is 10.3 Å². The summed E-state index contributed by atoms with van der Waals surface area (Å²) in [5, 5.41) is 3.88. The molecule has 0 saturated carbocycles. The Kier molecular flexibility index (Phi) is 10.3. The first-order chi connectivity index (χ1) is 21.1. The minimum absolute atomic E-state index is 0.0221. The Hall–Kier alpha value is -3.37. The van der Waals surface area contributed by atoms with Gasteiger partial charge in [-0.05, 0) is 63.1 Å². The molecule has 2 saturated heterocycles. The summed E-state index contributed by atoms with van der Waals surface area (Å²) in [6.45, 7) is 5.85. The molecule has 0 unspecified atom stereocenters. The average Bonchev–Trinajstić information content (AvgIpc) is 3.31. The SMILES string of the molecule is COc1ccc(C[C@H](NC(=O)[C@H](C)CC(=O)Cc2cnc(N3CCC3)s2)C(=O)C[C@@H](CC2=CCCC2)C(=O)[C@@]2(C)CO2)cc1. The summed E-state index contributed by atoms with van der Waals surface area (Å²) in [7, 11) is 1.59. The molecule has 5 rings (SSSR count). The largest absolute Gasteiger partial charge is 0.497 e. The van der Waals surface area contributed by atoms with Crippen molar-refractivity contribution >= 4 is 39.7 Å². The van der Waals surface area contributed by atoms with Crippen LogP contribution in [0.5, 0.6) is 5.75 Å². The van der Waals surface area contributed by atoms with E-state index in [2.05, 4.69) is 21.3 Å². The lowest BCUT2D eigenvalue weighted by molar-refractivity contribution is -0.134. The molecule has 1 aliphatic carbocycles. The van der Waals surface area contributed by atoms with Crippen molar-refractivity contribution in [2.24, 2.45) is 11.8 Å². The fraction of sp³-hybridized carbons (Fsp3) is 0.559. The number of nitrogens with zero attached hydrogens (tertiary/aromatic N) is 2. The predicted octanol–water partition coefficient (Wildman–Crippen LogP) is 4.66. The number of carbonyl (C=O) groups is 4. The van der Waals surface area contributed by atoms with Crippen LogP contribution in [-0.2, 0) is 36.8 Å². The highest BCUT2D eigenvalue weighted by molar-refractivity contribution is 7.15. The number of hydrogen-bond acceptors (Lipinski definition) is 9. The second kappa shape index (κ2) is 14.2. The van der Waals surface area contributed by atoms with Crippen molar-refractivity contribution in [2.45, 2.75) is 83.3 Å². The number of Topliss-reactive ketones (excluding diaryl/α,β-unsaturated/α-hetero) is 3. The number of anilines is 1. The maximum absolute atomic E-state index is 13.9. The van der Waals surface area contributed by atoms with E-state index in [1.54, 1.807) is 27.2 Å².